The quantitative estimate of drug-likeness (QED) is 0.737. The molecule has 166 valence electrons. The number of hydrogen-bond donors (Lipinski definition) is 0. The lowest BCUT2D eigenvalue weighted by Crippen LogP contribution is -2.57. The van der Waals surface area contributed by atoms with Gasteiger partial charge in [0.15, 0.2) is 0 Å². The van der Waals surface area contributed by atoms with Crippen molar-refractivity contribution < 1.29 is 23.9 Å². The number of amides is 1. The molecule has 7 heteroatoms. The molecule has 1 amide bonds. The van der Waals surface area contributed by atoms with Crippen LogP contribution in [0.25, 0.3) is 0 Å². The summed E-state index contributed by atoms with van der Waals surface area (Å²) in [5, 5.41) is 1.72. The zero-order valence-electron chi connectivity index (χ0n) is 19.0. The number of carbonyl (C=O) groups excluding carboxylic acids is 2. The molecule has 2 heterocycles. The average Bonchev–Trinajstić information content (AvgIpc) is 3.09. The topological polar surface area (TPSA) is 68.3 Å². The first kappa shape index (κ1) is 22.6. The third-order valence-corrected chi connectivity index (χ3v) is 5.58. The van der Waals surface area contributed by atoms with Crippen LogP contribution < -0.4 is 0 Å². The fraction of sp³-hybridized carbons (Fsp3) is 0.652. The minimum atomic E-state index is -0.849. The maximum absolute atomic E-state index is 13.1. The summed E-state index contributed by atoms with van der Waals surface area (Å²) in [7, 11) is 0. The van der Waals surface area contributed by atoms with Crippen molar-refractivity contribution in [3.8, 4) is 0 Å². The lowest BCUT2D eigenvalue weighted by atomic mass is 9.84. The number of carbonyl (C=O) groups is 2. The summed E-state index contributed by atoms with van der Waals surface area (Å²) in [4.78, 5) is 33.3. The summed E-state index contributed by atoms with van der Waals surface area (Å²) in [6.45, 7) is 14.0. The molecule has 0 saturated carbocycles. The molecule has 0 bridgehead atoms. The Morgan fingerprint density at radius 2 is 1.87 bits per heavy atom. The Morgan fingerprint density at radius 1 is 1.23 bits per heavy atom. The van der Waals surface area contributed by atoms with Crippen molar-refractivity contribution in [2.24, 2.45) is 11.8 Å². The second kappa shape index (κ2) is 8.19. The maximum Gasteiger partial charge on any atom is 0.412 e. The van der Waals surface area contributed by atoms with Gasteiger partial charge in [0.25, 0.3) is 0 Å². The molecule has 0 aliphatic carbocycles. The first-order chi connectivity index (χ1) is 13.9. The van der Waals surface area contributed by atoms with E-state index in [9.17, 15) is 9.59 Å². The first-order valence-corrected chi connectivity index (χ1v) is 10.6. The van der Waals surface area contributed by atoms with Gasteiger partial charge in [-0.15, -0.1) is 5.06 Å². The van der Waals surface area contributed by atoms with Gasteiger partial charge in [-0.1, -0.05) is 44.2 Å². The van der Waals surface area contributed by atoms with Crippen LogP contribution in [-0.2, 0) is 25.7 Å². The standard InChI is InChI=1S/C23H34N2O5/c1-15(2)18-19(24(30-20(18)26)13-16-11-9-8-10-12-16)17-14-28-23(6,7)25(17)21(27)29-22(3,4)5/h8-12,15,17-19H,13-14H2,1-7H3/t17-,18+,19+/m0/s1. The van der Waals surface area contributed by atoms with E-state index in [1.165, 1.54) is 0 Å². The first-order valence-electron chi connectivity index (χ1n) is 10.6. The predicted octanol–water partition coefficient (Wildman–Crippen LogP) is 3.97. The number of hydrogen-bond acceptors (Lipinski definition) is 6. The summed E-state index contributed by atoms with van der Waals surface area (Å²) < 4.78 is 11.7. The van der Waals surface area contributed by atoms with Gasteiger partial charge in [-0.25, -0.2) is 9.59 Å². The van der Waals surface area contributed by atoms with Crippen LogP contribution in [0.2, 0.25) is 0 Å². The largest absolute Gasteiger partial charge is 0.444 e. The molecule has 0 spiro atoms. The van der Waals surface area contributed by atoms with Crippen LogP contribution in [0.1, 0.15) is 54.0 Å². The van der Waals surface area contributed by atoms with Crippen molar-refractivity contribution >= 4 is 12.1 Å². The van der Waals surface area contributed by atoms with E-state index >= 15 is 0 Å². The number of rotatable bonds is 4. The van der Waals surface area contributed by atoms with Crippen molar-refractivity contribution in [2.45, 2.75) is 78.4 Å². The summed E-state index contributed by atoms with van der Waals surface area (Å²) in [6.07, 6.45) is -0.448. The van der Waals surface area contributed by atoms with Gasteiger partial charge in [0.2, 0.25) is 0 Å². The van der Waals surface area contributed by atoms with Gasteiger partial charge in [0.1, 0.15) is 11.3 Å². The molecule has 3 atom stereocenters. The average molecular weight is 419 g/mol. The smallest absolute Gasteiger partial charge is 0.412 e. The highest BCUT2D eigenvalue weighted by atomic mass is 16.7. The van der Waals surface area contributed by atoms with E-state index in [0.29, 0.717) is 13.2 Å². The van der Waals surface area contributed by atoms with Crippen LogP contribution in [0.5, 0.6) is 0 Å². The molecule has 2 saturated heterocycles. The third kappa shape index (κ3) is 4.62. The predicted molar refractivity (Wildman–Crippen MR) is 112 cm³/mol. The van der Waals surface area contributed by atoms with Crippen LogP contribution >= 0.6 is 0 Å². The van der Waals surface area contributed by atoms with Crippen molar-refractivity contribution in [3.63, 3.8) is 0 Å². The number of hydroxylamine groups is 2. The number of ether oxygens (including phenoxy) is 2. The van der Waals surface area contributed by atoms with Gasteiger partial charge < -0.3 is 14.3 Å². The molecule has 30 heavy (non-hydrogen) atoms. The summed E-state index contributed by atoms with van der Waals surface area (Å²) in [5.74, 6) is -0.589. The second-order valence-electron chi connectivity index (χ2n) is 9.91. The maximum atomic E-state index is 13.1. The molecule has 2 aliphatic heterocycles. The van der Waals surface area contributed by atoms with Gasteiger partial charge >= 0.3 is 12.1 Å². The van der Waals surface area contributed by atoms with Crippen LogP contribution in [0.4, 0.5) is 4.79 Å². The van der Waals surface area contributed by atoms with Crippen molar-refractivity contribution in [3.05, 3.63) is 35.9 Å². The number of benzene rings is 1. The molecule has 0 radical (unpaired) electrons. The fourth-order valence-corrected chi connectivity index (χ4v) is 4.31. The number of nitrogens with zero attached hydrogens (tertiary/aromatic N) is 2. The monoisotopic (exact) mass is 418 g/mol. The molecule has 2 fully saturated rings. The summed E-state index contributed by atoms with van der Waals surface area (Å²) in [5.41, 5.74) is -0.455. The van der Waals surface area contributed by atoms with Crippen LogP contribution in [-0.4, -0.2) is 52.0 Å². The Hall–Kier alpha value is -2.12. The molecule has 1 aromatic carbocycles. The van der Waals surface area contributed by atoms with E-state index in [1.807, 2.05) is 78.8 Å². The molecule has 1 aromatic rings. The highest BCUT2D eigenvalue weighted by Gasteiger charge is 2.57. The Bertz CT molecular complexity index is 772. The van der Waals surface area contributed by atoms with Crippen molar-refractivity contribution in [1.29, 1.82) is 0 Å². The van der Waals surface area contributed by atoms with Crippen LogP contribution in [0.15, 0.2) is 30.3 Å². The molecular formula is C23H34N2O5. The highest BCUT2D eigenvalue weighted by Crippen LogP contribution is 2.40. The van der Waals surface area contributed by atoms with Gasteiger partial charge in [-0.05, 0) is 46.1 Å². The van der Waals surface area contributed by atoms with E-state index in [-0.39, 0.29) is 29.9 Å². The van der Waals surface area contributed by atoms with Gasteiger partial charge in [-0.2, -0.15) is 0 Å². The lowest BCUT2D eigenvalue weighted by Gasteiger charge is -2.39. The molecular weight excluding hydrogens is 384 g/mol. The molecule has 0 N–H and O–H groups in total. The van der Waals surface area contributed by atoms with E-state index in [2.05, 4.69) is 0 Å². The third-order valence-electron chi connectivity index (χ3n) is 5.58. The summed E-state index contributed by atoms with van der Waals surface area (Å²) >= 11 is 0. The van der Waals surface area contributed by atoms with E-state index < -0.39 is 17.4 Å². The minimum absolute atomic E-state index is 0.0486. The minimum Gasteiger partial charge on any atom is -0.444 e. The Morgan fingerprint density at radius 3 is 2.43 bits per heavy atom. The van der Waals surface area contributed by atoms with Gasteiger partial charge in [0, 0.05) is 0 Å². The second-order valence-corrected chi connectivity index (χ2v) is 9.91. The highest BCUT2D eigenvalue weighted by molar-refractivity contribution is 5.76. The van der Waals surface area contributed by atoms with Crippen molar-refractivity contribution in [2.75, 3.05) is 6.61 Å². The van der Waals surface area contributed by atoms with E-state index in [4.69, 9.17) is 14.3 Å². The molecule has 0 unspecified atom stereocenters. The fourth-order valence-electron chi connectivity index (χ4n) is 4.31. The Kier molecular flexibility index (Phi) is 6.16. The summed E-state index contributed by atoms with van der Waals surface area (Å²) in [6, 6.07) is 9.13. The molecule has 3 rings (SSSR count). The van der Waals surface area contributed by atoms with Crippen LogP contribution in [0, 0.1) is 11.8 Å². The van der Waals surface area contributed by atoms with Gasteiger partial charge in [0.05, 0.1) is 31.2 Å². The lowest BCUT2D eigenvalue weighted by molar-refractivity contribution is -0.181. The van der Waals surface area contributed by atoms with Crippen LogP contribution in [0.3, 0.4) is 0 Å². The Balaban J connectivity index is 1.95. The molecule has 2 aliphatic rings. The van der Waals surface area contributed by atoms with E-state index in [1.54, 1.807) is 9.96 Å². The van der Waals surface area contributed by atoms with Crippen molar-refractivity contribution in [1.82, 2.24) is 9.96 Å². The molecule has 0 aromatic heterocycles. The zero-order valence-corrected chi connectivity index (χ0v) is 19.0. The SMILES string of the molecule is CC(C)[C@H]1C(=O)ON(Cc2ccccc2)[C@@H]1[C@@H]1COC(C)(C)N1C(=O)OC(C)(C)C. The van der Waals surface area contributed by atoms with E-state index in [0.717, 1.165) is 5.56 Å². The molecule has 7 nitrogen and oxygen atoms in total. The zero-order chi connectivity index (χ0) is 22.3. The normalized spacial score (nSPS) is 26.9. The Labute approximate surface area is 179 Å². The van der Waals surface area contributed by atoms with Gasteiger partial charge in [-0.3, -0.25) is 4.90 Å².